The molecule has 1 aromatic carbocycles. The lowest BCUT2D eigenvalue weighted by Crippen LogP contribution is -2.34. The number of sulfonamides is 1. The van der Waals surface area contributed by atoms with Crippen LogP contribution in [0.2, 0.25) is 0 Å². The molecule has 2 aromatic rings. The zero-order valence-electron chi connectivity index (χ0n) is 12.5. The highest BCUT2D eigenvalue weighted by Gasteiger charge is 2.25. The summed E-state index contributed by atoms with van der Waals surface area (Å²) in [6.45, 7) is 3.31. The molecule has 2 N–H and O–H groups in total. The van der Waals surface area contributed by atoms with Gasteiger partial charge in [-0.2, -0.15) is 0 Å². The third-order valence-corrected chi connectivity index (χ3v) is 4.81. The molecule has 2 heterocycles. The number of hydrogen-bond acceptors (Lipinski definition) is 5. The molecule has 0 fully saturated rings. The van der Waals surface area contributed by atoms with E-state index < -0.39 is 16.1 Å². The number of benzene rings is 1. The summed E-state index contributed by atoms with van der Waals surface area (Å²) in [4.78, 5) is 15.6. The Bertz CT molecular complexity index is 880. The molecule has 1 aliphatic rings. The monoisotopic (exact) mass is 333 g/mol. The number of amides is 1. The van der Waals surface area contributed by atoms with Gasteiger partial charge >= 0.3 is 0 Å². The van der Waals surface area contributed by atoms with Crippen LogP contribution in [-0.4, -0.2) is 25.4 Å². The van der Waals surface area contributed by atoms with E-state index in [0.717, 1.165) is 0 Å². The molecule has 23 heavy (non-hydrogen) atoms. The first-order chi connectivity index (χ1) is 10.9. The Morgan fingerprint density at radius 2 is 2.09 bits per heavy atom. The van der Waals surface area contributed by atoms with Crippen LogP contribution in [0.1, 0.15) is 12.6 Å². The molecule has 1 atom stereocenters. The molecule has 0 aliphatic carbocycles. The first-order valence-electron chi connectivity index (χ1n) is 6.93. The van der Waals surface area contributed by atoms with E-state index >= 15 is 0 Å². The van der Waals surface area contributed by atoms with Crippen molar-refractivity contribution >= 4 is 27.3 Å². The summed E-state index contributed by atoms with van der Waals surface area (Å²) in [5.74, 6) is 0.0556. The van der Waals surface area contributed by atoms with Crippen LogP contribution in [0.15, 0.2) is 41.4 Å². The molecule has 1 aliphatic heterocycles. The van der Waals surface area contributed by atoms with E-state index in [2.05, 4.69) is 15.0 Å². The van der Waals surface area contributed by atoms with Crippen molar-refractivity contribution in [2.75, 3.05) is 10.0 Å². The van der Waals surface area contributed by atoms with Gasteiger partial charge in [0.25, 0.3) is 15.9 Å². The van der Waals surface area contributed by atoms with Crippen molar-refractivity contribution in [2.45, 2.75) is 24.8 Å². The molecular formula is C15H15N3O4S. The fourth-order valence-corrected chi connectivity index (χ4v) is 3.28. The Morgan fingerprint density at radius 1 is 1.30 bits per heavy atom. The molecule has 0 radical (unpaired) electrons. The fraction of sp³-hybridized carbons (Fsp3) is 0.200. The molecule has 3 rings (SSSR count). The van der Waals surface area contributed by atoms with Crippen LogP contribution in [0.3, 0.4) is 0 Å². The number of aryl methyl sites for hydroxylation is 1. The van der Waals surface area contributed by atoms with Gasteiger partial charge in [0.15, 0.2) is 6.10 Å². The zero-order chi connectivity index (χ0) is 16.6. The van der Waals surface area contributed by atoms with Gasteiger partial charge in [-0.15, -0.1) is 0 Å². The molecule has 0 saturated carbocycles. The van der Waals surface area contributed by atoms with Gasteiger partial charge in [-0.25, -0.2) is 8.42 Å². The summed E-state index contributed by atoms with van der Waals surface area (Å²) in [6, 6.07) is 7.59. The Morgan fingerprint density at radius 3 is 2.83 bits per heavy atom. The van der Waals surface area contributed by atoms with Gasteiger partial charge in [0.05, 0.1) is 22.0 Å². The van der Waals surface area contributed by atoms with E-state index in [0.29, 0.717) is 22.8 Å². The first kappa shape index (κ1) is 15.3. The van der Waals surface area contributed by atoms with Crippen molar-refractivity contribution in [1.82, 2.24) is 4.98 Å². The summed E-state index contributed by atoms with van der Waals surface area (Å²) in [6.07, 6.45) is 0.915. The Balaban J connectivity index is 1.94. The minimum atomic E-state index is -3.78. The van der Waals surface area contributed by atoms with Gasteiger partial charge in [0, 0.05) is 12.3 Å². The van der Waals surface area contributed by atoms with Crippen LogP contribution >= 0.6 is 0 Å². The predicted octanol–water partition coefficient (Wildman–Crippen LogP) is 1.91. The third kappa shape index (κ3) is 2.98. The first-order valence-corrected chi connectivity index (χ1v) is 8.41. The van der Waals surface area contributed by atoms with Crippen LogP contribution in [0.4, 0.5) is 11.4 Å². The van der Waals surface area contributed by atoms with E-state index in [1.165, 1.54) is 18.2 Å². The number of nitrogens with one attached hydrogen (secondary N) is 2. The molecule has 7 nitrogen and oxygen atoms in total. The third-order valence-electron chi connectivity index (χ3n) is 3.45. The van der Waals surface area contributed by atoms with Gasteiger partial charge in [0.2, 0.25) is 0 Å². The van der Waals surface area contributed by atoms with E-state index in [1.807, 2.05) is 0 Å². The number of nitrogens with zero attached hydrogens (tertiary/aromatic N) is 1. The molecule has 1 aromatic heterocycles. The predicted molar refractivity (Wildman–Crippen MR) is 84.9 cm³/mol. The average Bonchev–Trinajstić information content (AvgIpc) is 2.50. The average molecular weight is 333 g/mol. The van der Waals surface area contributed by atoms with Crippen molar-refractivity contribution in [1.29, 1.82) is 0 Å². The number of carbonyl (C=O) groups is 1. The van der Waals surface area contributed by atoms with Crippen LogP contribution in [-0.2, 0) is 14.8 Å². The van der Waals surface area contributed by atoms with E-state index in [1.54, 1.807) is 32.2 Å². The molecule has 0 unspecified atom stereocenters. The van der Waals surface area contributed by atoms with Crippen molar-refractivity contribution < 1.29 is 17.9 Å². The fourth-order valence-electron chi connectivity index (χ4n) is 2.14. The van der Waals surface area contributed by atoms with E-state index in [4.69, 9.17) is 4.74 Å². The second-order valence-corrected chi connectivity index (χ2v) is 6.83. The maximum absolute atomic E-state index is 12.5. The standard InChI is InChI=1S/C15H15N3O4S/c1-9-12(4-3-7-16-9)18-23(20,21)11-5-6-13-14(8-11)22-10(2)15(19)17-13/h3-8,10,18H,1-2H3,(H,17,19)/t10-/m0/s1. The summed E-state index contributed by atoms with van der Waals surface area (Å²) >= 11 is 0. The number of pyridine rings is 1. The highest BCUT2D eigenvalue weighted by atomic mass is 32.2. The van der Waals surface area contributed by atoms with Crippen molar-refractivity contribution in [3.05, 3.63) is 42.2 Å². The van der Waals surface area contributed by atoms with Gasteiger partial charge < -0.3 is 10.1 Å². The number of rotatable bonds is 3. The van der Waals surface area contributed by atoms with Crippen LogP contribution < -0.4 is 14.8 Å². The molecule has 0 spiro atoms. The summed E-state index contributed by atoms with van der Waals surface area (Å²) in [5.41, 5.74) is 1.43. The number of hydrogen-bond donors (Lipinski definition) is 2. The molecular weight excluding hydrogens is 318 g/mol. The SMILES string of the molecule is Cc1ncccc1NS(=O)(=O)c1ccc2c(c1)O[C@@H](C)C(=O)N2. The molecule has 120 valence electrons. The minimum Gasteiger partial charge on any atom is -0.479 e. The minimum absolute atomic E-state index is 0.0443. The maximum atomic E-state index is 12.5. The van der Waals surface area contributed by atoms with Gasteiger partial charge in [-0.1, -0.05) is 0 Å². The second-order valence-electron chi connectivity index (χ2n) is 5.15. The zero-order valence-corrected chi connectivity index (χ0v) is 13.3. The van der Waals surface area contributed by atoms with Crippen LogP contribution in [0, 0.1) is 6.92 Å². The second kappa shape index (κ2) is 5.54. The number of carbonyl (C=O) groups excluding carboxylic acids is 1. The molecule has 8 heteroatoms. The van der Waals surface area contributed by atoms with Crippen molar-refractivity contribution in [2.24, 2.45) is 0 Å². The number of anilines is 2. The highest BCUT2D eigenvalue weighted by Crippen LogP contribution is 2.32. The Hall–Kier alpha value is -2.61. The Kier molecular flexibility index (Phi) is 3.69. The van der Waals surface area contributed by atoms with E-state index in [-0.39, 0.29) is 10.8 Å². The quantitative estimate of drug-likeness (QED) is 0.894. The highest BCUT2D eigenvalue weighted by molar-refractivity contribution is 7.92. The largest absolute Gasteiger partial charge is 0.479 e. The summed E-state index contributed by atoms with van der Waals surface area (Å²) in [5, 5.41) is 2.66. The molecule has 0 saturated heterocycles. The molecule has 1 amide bonds. The number of fused-ring (bicyclic) bond motifs is 1. The maximum Gasteiger partial charge on any atom is 0.265 e. The summed E-state index contributed by atoms with van der Waals surface area (Å²) in [7, 11) is -3.78. The van der Waals surface area contributed by atoms with Gasteiger partial charge in [0.1, 0.15) is 5.75 Å². The Labute approximate surface area is 133 Å². The van der Waals surface area contributed by atoms with Gasteiger partial charge in [-0.3, -0.25) is 14.5 Å². The van der Waals surface area contributed by atoms with E-state index in [9.17, 15) is 13.2 Å². The van der Waals surface area contributed by atoms with Gasteiger partial charge in [-0.05, 0) is 38.1 Å². The lowest BCUT2D eigenvalue weighted by molar-refractivity contribution is -0.122. The smallest absolute Gasteiger partial charge is 0.265 e. The lowest BCUT2D eigenvalue weighted by atomic mass is 10.2. The molecule has 0 bridgehead atoms. The van der Waals surface area contributed by atoms with Crippen LogP contribution in [0.5, 0.6) is 5.75 Å². The number of ether oxygens (including phenoxy) is 1. The number of aromatic nitrogens is 1. The van der Waals surface area contributed by atoms with Crippen molar-refractivity contribution in [3.8, 4) is 5.75 Å². The lowest BCUT2D eigenvalue weighted by Gasteiger charge is -2.23. The van der Waals surface area contributed by atoms with Crippen LogP contribution in [0.25, 0.3) is 0 Å². The topological polar surface area (TPSA) is 97.4 Å². The normalized spacial score (nSPS) is 17.0. The van der Waals surface area contributed by atoms with Crippen molar-refractivity contribution in [3.63, 3.8) is 0 Å². The summed E-state index contributed by atoms with van der Waals surface area (Å²) < 4.78 is 32.9.